The quantitative estimate of drug-likeness (QED) is 0.482. The van der Waals surface area contributed by atoms with Crippen molar-refractivity contribution in [2.75, 3.05) is 0 Å². The normalized spacial score (nSPS) is 12.4. The topological polar surface area (TPSA) is 83.8 Å². The van der Waals surface area contributed by atoms with Crippen molar-refractivity contribution in [1.82, 2.24) is 0 Å². The first-order chi connectivity index (χ1) is 6.97. The predicted molar refractivity (Wildman–Crippen MR) is 54.3 cm³/mol. The third-order valence-electron chi connectivity index (χ3n) is 1.60. The molecule has 0 bridgehead atoms. The van der Waals surface area contributed by atoms with Crippen molar-refractivity contribution in [1.29, 1.82) is 0 Å². The summed E-state index contributed by atoms with van der Waals surface area (Å²) in [7, 11) is 0. The Balaban J connectivity index is 0.000000330. The van der Waals surface area contributed by atoms with E-state index in [1.54, 1.807) is 6.26 Å². The molecule has 0 saturated carbocycles. The van der Waals surface area contributed by atoms with Crippen molar-refractivity contribution >= 4 is 27.3 Å². The molecule has 1 aromatic rings. The zero-order valence-corrected chi connectivity index (χ0v) is 15.9. The molecule has 1 aromatic carbocycles. The van der Waals surface area contributed by atoms with E-state index in [2.05, 4.69) is 6.07 Å². The fourth-order valence-electron chi connectivity index (χ4n) is 1.08. The Labute approximate surface area is 117 Å². The van der Waals surface area contributed by atoms with Crippen LogP contribution in [-0.2, 0) is 30.0 Å². The summed E-state index contributed by atoms with van der Waals surface area (Å²) in [4.78, 5) is 0. The number of para-hydroxylation sites is 1. The van der Waals surface area contributed by atoms with Gasteiger partial charge in [0.15, 0.2) is 0 Å². The van der Waals surface area contributed by atoms with Crippen LogP contribution in [0.3, 0.4) is 0 Å². The molecular weight excluding hydrogens is 491 g/mol. The van der Waals surface area contributed by atoms with Crippen LogP contribution in [0.5, 0.6) is 5.75 Å². The molecule has 0 spiro atoms. The Morgan fingerprint density at radius 3 is 2.31 bits per heavy atom. The Kier molecular flexibility index (Phi) is 7.21. The van der Waals surface area contributed by atoms with Crippen LogP contribution < -0.4 is 4.74 Å². The summed E-state index contributed by atoms with van der Waals surface area (Å²) in [6.45, 7) is 0. The number of benzene rings is 1. The van der Waals surface area contributed by atoms with Crippen LogP contribution in [0.2, 0.25) is 0 Å². The molecule has 0 unspecified atom stereocenters. The van der Waals surface area contributed by atoms with Crippen LogP contribution in [0.4, 0.5) is 0 Å². The molecule has 7 heteroatoms. The fourth-order valence-corrected chi connectivity index (χ4v) is 1.08. The molecule has 88 valence electrons. The first-order valence-corrected chi connectivity index (χ1v) is 7.49. The van der Waals surface area contributed by atoms with Crippen molar-refractivity contribution in [3.05, 3.63) is 42.2 Å². The second-order valence-corrected chi connectivity index (χ2v) is 4.95. The van der Waals surface area contributed by atoms with Gasteiger partial charge in [-0.15, -0.1) is 0 Å². The molecule has 1 aliphatic rings. The molecule has 0 saturated heterocycles. The zero-order chi connectivity index (χ0) is 11.3. The van der Waals surface area contributed by atoms with Gasteiger partial charge < -0.3 is 4.74 Å². The van der Waals surface area contributed by atoms with Gasteiger partial charge in [-0.2, -0.15) is 0 Å². The van der Waals surface area contributed by atoms with E-state index in [1.807, 2.05) is 24.3 Å². The van der Waals surface area contributed by atoms with Gasteiger partial charge in [0.1, 0.15) is 5.75 Å². The van der Waals surface area contributed by atoms with Gasteiger partial charge in [0.2, 0.25) is 0 Å². The van der Waals surface area contributed by atoms with E-state index < -0.39 is 16.7 Å². The van der Waals surface area contributed by atoms with E-state index in [4.69, 9.17) is 19.1 Å². The summed E-state index contributed by atoms with van der Waals surface area (Å²) in [6.07, 6.45) is 4.75. The Hall–Kier alpha value is -0.110. The van der Waals surface area contributed by atoms with Gasteiger partial charge in [-0.3, -0.25) is 0 Å². The van der Waals surface area contributed by atoms with Gasteiger partial charge >= 0.3 is 58.4 Å². The molecule has 0 atom stereocenters. The minimum atomic E-state index is -5.52. The van der Waals surface area contributed by atoms with Crippen LogP contribution >= 0.6 is 0 Å². The fraction of sp³-hybridized carbons (Fsp3) is 0.111. The zero-order valence-electron chi connectivity index (χ0n) is 8.41. The Morgan fingerprint density at radius 2 is 1.75 bits per heavy atom. The molecule has 2 N–H and O–H groups in total. The third kappa shape index (κ3) is 7.21. The summed E-state index contributed by atoms with van der Waals surface area (Å²) in [5.41, 5.74) is 1.27. The van der Waals surface area contributed by atoms with Gasteiger partial charge in [-0.1, -0.05) is 18.2 Å². The molecular formula is C9H12MoO5Pb. The van der Waals surface area contributed by atoms with Crippen LogP contribution in [0.25, 0.3) is 0 Å². The van der Waals surface area contributed by atoms with E-state index >= 15 is 0 Å². The molecule has 5 nitrogen and oxygen atoms in total. The van der Waals surface area contributed by atoms with Gasteiger partial charge in [0.05, 0.1) is 6.26 Å². The van der Waals surface area contributed by atoms with Crippen molar-refractivity contribution in [3.8, 4) is 5.75 Å². The average Bonchev–Trinajstić information content (AvgIpc) is 2.16. The maximum absolute atomic E-state index is 8.85. The van der Waals surface area contributed by atoms with Crippen molar-refractivity contribution in [3.63, 3.8) is 0 Å². The van der Waals surface area contributed by atoms with Crippen LogP contribution in [0, 0.1) is 0 Å². The van der Waals surface area contributed by atoms with Crippen LogP contribution in [-0.4, -0.2) is 34.8 Å². The van der Waals surface area contributed by atoms with Gasteiger partial charge in [-0.25, -0.2) is 0 Å². The molecule has 1 heterocycles. The Morgan fingerprint density at radius 1 is 1.19 bits per heavy atom. The minimum absolute atomic E-state index is 0. The number of fused-ring (bicyclic) bond motifs is 1. The molecule has 0 aliphatic carbocycles. The third-order valence-corrected chi connectivity index (χ3v) is 1.60. The molecule has 16 heavy (non-hydrogen) atoms. The van der Waals surface area contributed by atoms with E-state index in [1.165, 1.54) is 5.56 Å². The summed E-state index contributed by atoms with van der Waals surface area (Å²) in [6, 6.07) is 8.08. The van der Waals surface area contributed by atoms with Crippen LogP contribution in [0.1, 0.15) is 5.56 Å². The van der Waals surface area contributed by atoms with Crippen LogP contribution in [0.15, 0.2) is 36.6 Å². The standard InChI is InChI=1S/C9H8O.Mo.2H2O.2O.Pb.2H/c1-2-6-9-8(4-1)5-3-7-10-9;;;;;;;;/h1-4,6-7H,5H2;;2*1H2;;;;;/q;+2;;;;;;;/p-2. The average molecular weight is 503 g/mol. The van der Waals surface area contributed by atoms with E-state index in [-0.39, 0.29) is 27.3 Å². The summed E-state index contributed by atoms with van der Waals surface area (Å²) < 4.78 is 37.3. The first kappa shape index (κ1) is 15.9. The number of ether oxygens (including phenoxy) is 1. The number of hydrogen-bond acceptors (Lipinski definition) is 3. The number of allylic oxidation sites excluding steroid dienone is 1. The molecule has 0 aromatic heterocycles. The summed E-state index contributed by atoms with van der Waals surface area (Å²) in [5.74, 6) is 0.991. The first-order valence-electron chi connectivity index (χ1n) is 4.06. The Bertz CT molecular complexity index is 420. The molecule has 0 amide bonds. The molecule has 1 aliphatic heterocycles. The van der Waals surface area contributed by atoms with Gasteiger partial charge in [0.25, 0.3) is 0 Å². The molecule has 2 rings (SSSR count). The summed E-state index contributed by atoms with van der Waals surface area (Å²) >= 11 is -5.52. The van der Waals surface area contributed by atoms with Gasteiger partial charge in [0, 0.05) is 0 Å². The summed E-state index contributed by atoms with van der Waals surface area (Å²) in [5, 5.41) is 0. The van der Waals surface area contributed by atoms with Crippen molar-refractivity contribution in [2.24, 2.45) is 0 Å². The van der Waals surface area contributed by atoms with E-state index in [9.17, 15) is 0 Å². The van der Waals surface area contributed by atoms with E-state index in [0.29, 0.717) is 0 Å². The molecule has 2 radical (unpaired) electrons. The number of hydrogen-bond donors (Lipinski definition) is 2. The van der Waals surface area contributed by atoms with E-state index in [0.717, 1.165) is 12.2 Å². The van der Waals surface area contributed by atoms with Crippen molar-refractivity contribution in [2.45, 2.75) is 6.42 Å². The van der Waals surface area contributed by atoms with Gasteiger partial charge in [-0.05, 0) is 24.1 Å². The second-order valence-electron chi connectivity index (χ2n) is 2.75. The SMILES string of the molecule is C1=COc2ccccc2C1.[O]=[Mo](=[O])([OH])[OH].[PbH2]. The predicted octanol–water partition coefficient (Wildman–Crippen LogP) is -0.135. The van der Waals surface area contributed by atoms with Crippen molar-refractivity contribution < 1.29 is 35.8 Å². The number of rotatable bonds is 0. The monoisotopic (exact) mass is 506 g/mol. The second kappa shape index (κ2) is 7.26. The molecule has 0 fully saturated rings. The maximum atomic E-state index is 8.85.